The highest BCUT2D eigenvalue weighted by atomic mass is 16.4. The maximum atomic E-state index is 11.5. The number of aromatic nitrogens is 1. The molecule has 4 heteroatoms. The van der Waals surface area contributed by atoms with Crippen LogP contribution in [0, 0.1) is 0 Å². The molecule has 0 aliphatic carbocycles. The molecule has 0 fully saturated rings. The Balaban J connectivity index is 2.91. The van der Waals surface area contributed by atoms with Crippen molar-refractivity contribution in [1.82, 2.24) is 4.57 Å². The van der Waals surface area contributed by atoms with Gasteiger partial charge in [-0.3, -0.25) is 4.79 Å². The predicted molar refractivity (Wildman–Crippen MR) is 57.7 cm³/mol. The zero-order valence-electron chi connectivity index (χ0n) is 8.51. The highest BCUT2D eigenvalue weighted by molar-refractivity contribution is 5.85. The van der Waals surface area contributed by atoms with Crippen molar-refractivity contribution >= 4 is 12.0 Å². The molecule has 0 unspecified atom stereocenters. The van der Waals surface area contributed by atoms with Gasteiger partial charge in [-0.05, 0) is 24.1 Å². The van der Waals surface area contributed by atoms with Crippen molar-refractivity contribution in [3.05, 3.63) is 40.3 Å². The van der Waals surface area contributed by atoms with Gasteiger partial charge in [0, 0.05) is 24.9 Å². The van der Waals surface area contributed by atoms with Gasteiger partial charge in [0.1, 0.15) is 0 Å². The number of aryl methyl sites for hydroxylation is 1. The van der Waals surface area contributed by atoms with Crippen molar-refractivity contribution in [3.63, 3.8) is 0 Å². The third kappa shape index (κ3) is 3.42. The zero-order chi connectivity index (χ0) is 11.3. The number of carbonyl (C=O) groups is 1. The van der Waals surface area contributed by atoms with E-state index < -0.39 is 5.97 Å². The van der Waals surface area contributed by atoms with Crippen molar-refractivity contribution < 1.29 is 9.90 Å². The van der Waals surface area contributed by atoms with Gasteiger partial charge in [0.25, 0.3) is 5.56 Å². The molecular weight excluding hydrogens is 194 g/mol. The molecule has 0 bridgehead atoms. The molecule has 0 radical (unpaired) electrons. The maximum absolute atomic E-state index is 11.5. The molecule has 0 aliphatic rings. The number of pyridine rings is 1. The van der Waals surface area contributed by atoms with Crippen LogP contribution >= 0.6 is 0 Å². The van der Waals surface area contributed by atoms with Gasteiger partial charge in [0.2, 0.25) is 0 Å². The minimum Gasteiger partial charge on any atom is -0.478 e. The van der Waals surface area contributed by atoms with E-state index in [9.17, 15) is 9.59 Å². The largest absolute Gasteiger partial charge is 0.478 e. The molecule has 80 valence electrons. The highest BCUT2D eigenvalue weighted by Gasteiger charge is 1.95. The van der Waals surface area contributed by atoms with E-state index in [1.807, 2.05) is 6.92 Å². The van der Waals surface area contributed by atoms with E-state index in [-0.39, 0.29) is 5.56 Å². The topological polar surface area (TPSA) is 59.3 Å². The third-order valence-electron chi connectivity index (χ3n) is 1.90. The first-order valence-electron chi connectivity index (χ1n) is 4.75. The van der Waals surface area contributed by atoms with Gasteiger partial charge in [-0.1, -0.05) is 6.92 Å². The van der Waals surface area contributed by atoms with Gasteiger partial charge >= 0.3 is 5.97 Å². The molecule has 0 amide bonds. The van der Waals surface area contributed by atoms with Crippen LogP contribution in [0.25, 0.3) is 6.08 Å². The molecule has 1 N–H and O–H groups in total. The molecule has 0 saturated heterocycles. The fourth-order valence-electron chi connectivity index (χ4n) is 1.22. The van der Waals surface area contributed by atoms with E-state index in [1.165, 1.54) is 12.1 Å². The Morgan fingerprint density at radius 2 is 2.33 bits per heavy atom. The summed E-state index contributed by atoms with van der Waals surface area (Å²) in [6.07, 6.45) is 4.98. The summed E-state index contributed by atoms with van der Waals surface area (Å²) in [6, 6.07) is 3.14. The smallest absolute Gasteiger partial charge is 0.328 e. The van der Waals surface area contributed by atoms with Crippen LogP contribution in [-0.4, -0.2) is 15.6 Å². The third-order valence-corrected chi connectivity index (χ3v) is 1.90. The zero-order valence-corrected chi connectivity index (χ0v) is 8.51. The lowest BCUT2D eigenvalue weighted by Crippen LogP contribution is -2.18. The fraction of sp³-hybridized carbons (Fsp3) is 0.273. The van der Waals surface area contributed by atoms with Crippen LogP contribution in [0.5, 0.6) is 0 Å². The molecule has 15 heavy (non-hydrogen) atoms. The number of hydrogen-bond acceptors (Lipinski definition) is 2. The summed E-state index contributed by atoms with van der Waals surface area (Å²) in [5.74, 6) is -1.02. The summed E-state index contributed by atoms with van der Waals surface area (Å²) >= 11 is 0. The van der Waals surface area contributed by atoms with E-state index in [0.29, 0.717) is 12.1 Å². The van der Waals surface area contributed by atoms with E-state index in [4.69, 9.17) is 5.11 Å². The number of carboxylic acids is 1. The average Bonchev–Trinajstić information content (AvgIpc) is 2.19. The Kier molecular flexibility index (Phi) is 3.85. The molecule has 0 spiro atoms. The minimum absolute atomic E-state index is 0.107. The van der Waals surface area contributed by atoms with Gasteiger partial charge in [-0.15, -0.1) is 0 Å². The number of rotatable bonds is 4. The van der Waals surface area contributed by atoms with Crippen LogP contribution in [0.3, 0.4) is 0 Å². The molecule has 1 aromatic rings. The van der Waals surface area contributed by atoms with Crippen molar-refractivity contribution in [2.45, 2.75) is 19.9 Å². The summed E-state index contributed by atoms with van der Waals surface area (Å²) in [6.45, 7) is 2.67. The van der Waals surface area contributed by atoms with Gasteiger partial charge in [-0.25, -0.2) is 4.79 Å². The second kappa shape index (κ2) is 5.14. The van der Waals surface area contributed by atoms with Crippen LogP contribution in [0.15, 0.2) is 29.2 Å². The molecule has 1 aromatic heterocycles. The van der Waals surface area contributed by atoms with E-state index in [2.05, 4.69) is 0 Å². The number of carboxylic acid groups (broad SMARTS) is 1. The number of aliphatic carboxylic acids is 1. The van der Waals surface area contributed by atoms with Crippen LogP contribution in [0.2, 0.25) is 0 Å². The Morgan fingerprint density at radius 1 is 1.60 bits per heavy atom. The van der Waals surface area contributed by atoms with E-state index in [1.54, 1.807) is 16.8 Å². The van der Waals surface area contributed by atoms with Crippen LogP contribution in [0.1, 0.15) is 18.9 Å². The molecular formula is C11H13NO3. The monoisotopic (exact) mass is 207 g/mol. The maximum Gasteiger partial charge on any atom is 0.328 e. The molecule has 0 aromatic carbocycles. The molecule has 1 heterocycles. The SMILES string of the molecule is CCCn1ccc(C=CC(=O)O)cc1=O. The lowest BCUT2D eigenvalue weighted by atomic mass is 10.2. The highest BCUT2D eigenvalue weighted by Crippen LogP contribution is 1.98. The normalized spacial score (nSPS) is 10.7. The molecule has 1 rings (SSSR count). The standard InChI is InChI=1S/C11H13NO3/c1-2-6-12-7-5-9(8-10(12)13)3-4-11(14)15/h3-5,7-8H,2,6H2,1H3,(H,14,15). The fourth-order valence-corrected chi connectivity index (χ4v) is 1.22. The molecule has 0 aliphatic heterocycles. The molecule has 0 atom stereocenters. The van der Waals surface area contributed by atoms with Crippen molar-refractivity contribution in [1.29, 1.82) is 0 Å². The van der Waals surface area contributed by atoms with Crippen LogP contribution in [-0.2, 0) is 11.3 Å². The summed E-state index contributed by atoms with van der Waals surface area (Å²) < 4.78 is 1.60. The summed E-state index contributed by atoms with van der Waals surface area (Å²) in [7, 11) is 0. The number of nitrogens with zero attached hydrogens (tertiary/aromatic N) is 1. The number of hydrogen-bond donors (Lipinski definition) is 1. The Labute approximate surface area is 87.5 Å². The van der Waals surface area contributed by atoms with Crippen molar-refractivity contribution in [3.8, 4) is 0 Å². The second-order valence-corrected chi connectivity index (χ2v) is 3.16. The van der Waals surface area contributed by atoms with Crippen LogP contribution in [0.4, 0.5) is 0 Å². The first-order valence-corrected chi connectivity index (χ1v) is 4.75. The Hall–Kier alpha value is -1.84. The van der Waals surface area contributed by atoms with E-state index >= 15 is 0 Å². The van der Waals surface area contributed by atoms with Gasteiger partial charge < -0.3 is 9.67 Å². The second-order valence-electron chi connectivity index (χ2n) is 3.16. The van der Waals surface area contributed by atoms with Crippen LogP contribution < -0.4 is 5.56 Å². The molecule has 4 nitrogen and oxygen atoms in total. The summed E-state index contributed by atoms with van der Waals surface area (Å²) in [5, 5.41) is 8.41. The molecule has 0 saturated carbocycles. The lowest BCUT2D eigenvalue weighted by Gasteiger charge is -2.02. The predicted octanol–water partition coefficient (Wildman–Crippen LogP) is 1.36. The average molecular weight is 207 g/mol. The minimum atomic E-state index is -1.02. The lowest BCUT2D eigenvalue weighted by molar-refractivity contribution is -0.131. The van der Waals surface area contributed by atoms with Gasteiger partial charge in [0.15, 0.2) is 0 Å². The first-order chi connectivity index (χ1) is 7.13. The summed E-state index contributed by atoms with van der Waals surface area (Å²) in [4.78, 5) is 21.7. The Morgan fingerprint density at radius 3 is 2.87 bits per heavy atom. The van der Waals surface area contributed by atoms with Gasteiger partial charge in [0.05, 0.1) is 0 Å². The van der Waals surface area contributed by atoms with Crippen molar-refractivity contribution in [2.24, 2.45) is 0 Å². The quantitative estimate of drug-likeness (QED) is 0.758. The van der Waals surface area contributed by atoms with Gasteiger partial charge in [-0.2, -0.15) is 0 Å². The first kappa shape index (κ1) is 11.2. The van der Waals surface area contributed by atoms with E-state index in [0.717, 1.165) is 12.5 Å². The Bertz CT molecular complexity index is 432. The summed E-state index contributed by atoms with van der Waals surface area (Å²) in [5.41, 5.74) is 0.499. The van der Waals surface area contributed by atoms with Crippen molar-refractivity contribution in [2.75, 3.05) is 0 Å².